The van der Waals surface area contributed by atoms with Gasteiger partial charge in [-0.1, -0.05) is 12.8 Å². The summed E-state index contributed by atoms with van der Waals surface area (Å²) in [7, 11) is 0. The molecule has 0 aromatic heterocycles. The van der Waals surface area contributed by atoms with Crippen LogP contribution in [0.5, 0.6) is 0 Å². The number of nitrogens with zero attached hydrogens (tertiary/aromatic N) is 1. The minimum absolute atomic E-state index is 0.417. The van der Waals surface area contributed by atoms with Crippen molar-refractivity contribution in [3.63, 3.8) is 0 Å². The van der Waals surface area contributed by atoms with Crippen LogP contribution in [-0.4, -0.2) is 42.8 Å². The third kappa shape index (κ3) is 2.27. The lowest BCUT2D eigenvalue weighted by Crippen LogP contribution is -2.55. The summed E-state index contributed by atoms with van der Waals surface area (Å²) in [6, 6.07) is 1.09. The molecule has 3 atom stereocenters. The summed E-state index contributed by atoms with van der Waals surface area (Å²) in [5.74, 6) is 0.824. The SMILES string of the molecule is NC(CN1CCOC2CCCCC21)C1CC1. The summed E-state index contributed by atoms with van der Waals surface area (Å²) >= 11 is 0. The lowest BCUT2D eigenvalue weighted by atomic mass is 9.89. The fraction of sp³-hybridized carbons (Fsp3) is 1.00. The van der Waals surface area contributed by atoms with Gasteiger partial charge in [-0.05, 0) is 31.6 Å². The molecule has 2 saturated carbocycles. The van der Waals surface area contributed by atoms with E-state index in [1.54, 1.807) is 0 Å². The molecule has 0 spiro atoms. The Bertz CT molecular complexity index is 240. The van der Waals surface area contributed by atoms with Crippen LogP contribution in [-0.2, 0) is 4.74 Å². The van der Waals surface area contributed by atoms with Gasteiger partial charge in [0.2, 0.25) is 0 Å². The summed E-state index contributed by atoms with van der Waals surface area (Å²) in [6.45, 7) is 3.12. The number of nitrogens with two attached hydrogens (primary N) is 1. The van der Waals surface area contributed by atoms with Gasteiger partial charge in [0.15, 0.2) is 0 Å². The second kappa shape index (κ2) is 4.63. The first-order valence-electron chi connectivity index (χ1n) is 6.96. The summed E-state index contributed by atoms with van der Waals surface area (Å²) in [5, 5.41) is 0. The maximum atomic E-state index is 6.25. The number of hydrogen-bond acceptors (Lipinski definition) is 3. The first-order chi connectivity index (χ1) is 7.84. The molecular formula is C13H24N2O. The Morgan fingerprint density at radius 1 is 1.19 bits per heavy atom. The molecule has 3 unspecified atom stereocenters. The standard InChI is InChI=1S/C13H24N2O/c14-11(10-5-6-10)9-15-7-8-16-13-4-2-1-3-12(13)15/h10-13H,1-9,14H2. The summed E-state index contributed by atoms with van der Waals surface area (Å²) in [4.78, 5) is 2.62. The maximum Gasteiger partial charge on any atom is 0.0730 e. The van der Waals surface area contributed by atoms with Gasteiger partial charge in [-0.15, -0.1) is 0 Å². The first-order valence-corrected chi connectivity index (χ1v) is 6.96. The predicted octanol–water partition coefficient (Wildman–Crippen LogP) is 1.37. The third-order valence-corrected chi connectivity index (χ3v) is 4.52. The Morgan fingerprint density at radius 3 is 2.81 bits per heavy atom. The highest BCUT2D eigenvalue weighted by Crippen LogP contribution is 2.34. The fourth-order valence-electron chi connectivity index (χ4n) is 3.35. The van der Waals surface area contributed by atoms with Crippen LogP contribution in [0.15, 0.2) is 0 Å². The molecule has 2 aliphatic carbocycles. The molecule has 0 aromatic rings. The maximum absolute atomic E-state index is 6.25. The van der Waals surface area contributed by atoms with E-state index in [-0.39, 0.29) is 0 Å². The highest BCUT2D eigenvalue weighted by Gasteiger charge is 2.37. The van der Waals surface area contributed by atoms with E-state index in [0.29, 0.717) is 18.2 Å². The number of ether oxygens (including phenoxy) is 1. The lowest BCUT2D eigenvalue weighted by molar-refractivity contribution is -0.0897. The second-order valence-electron chi connectivity index (χ2n) is 5.76. The van der Waals surface area contributed by atoms with E-state index in [4.69, 9.17) is 10.5 Å². The molecule has 3 fully saturated rings. The van der Waals surface area contributed by atoms with Crippen molar-refractivity contribution in [2.24, 2.45) is 11.7 Å². The van der Waals surface area contributed by atoms with Crippen LogP contribution in [0.25, 0.3) is 0 Å². The molecule has 3 rings (SSSR count). The Labute approximate surface area is 98.3 Å². The molecular weight excluding hydrogens is 200 g/mol. The molecule has 0 bridgehead atoms. The van der Waals surface area contributed by atoms with Crippen LogP contribution in [0.2, 0.25) is 0 Å². The summed E-state index contributed by atoms with van der Waals surface area (Å²) in [6.07, 6.45) is 8.54. The van der Waals surface area contributed by atoms with Gasteiger partial charge < -0.3 is 10.5 Å². The Kier molecular flexibility index (Phi) is 3.18. The van der Waals surface area contributed by atoms with Crippen molar-refractivity contribution in [3.8, 4) is 0 Å². The minimum atomic E-state index is 0.417. The van der Waals surface area contributed by atoms with Crippen molar-refractivity contribution in [3.05, 3.63) is 0 Å². The molecule has 1 aliphatic heterocycles. The van der Waals surface area contributed by atoms with E-state index in [9.17, 15) is 0 Å². The average molecular weight is 224 g/mol. The van der Waals surface area contributed by atoms with Gasteiger partial charge in [-0.25, -0.2) is 0 Å². The van der Waals surface area contributed by atoms with E-state index in [1.165, 1.54) is 38.5 Å². The van der Waals surface area contributed by atoms with Gasteiger partial charge in [-0.3, -0.25) is 4.90 Å². The third-order valence-electron chi connectivity index (χ3n) is 4.52. The molecule has 0 aromatic carbocycles. The van der Waals surface area contributed by atoms with Crippen LogP contribution in [0.4, 0.5) is 0 Å². The van der Waals surface area contributed by atoms with Crippen molar-refractivity contribution < 1.29 is 4.74 Å². The van der Waals surface area contributed by atoms with Crippen LogP contribution >= 0.6 is 0 Å². The average Bonchev–Trinajstić information content (AvgIpc) is 3.13. The lowest BCUT2D eigenvalue weighted by Gasteiger charge is -2.44. The summed E-state index contributed by atoms with van der Waals surface area (Å²) in [5.41, 5.74) is 6.25. The van der Waals surface area contributed by atoms with Crippen LogP contribution < -0.4 is 5.73 Å². The molecule has 2 N–H and O–H groups in total. The Balaban J connectivity index is 1.59. The topological polar surface area (TPSA) is 38.5 Å². The van der Waals surface area contributed by atoms with Gasteiger partial charge in [0.1, 0.15) is 0 Å². The van der Waals surface area contributed by atoms with E-state index in [2.05, 4.69) is 4.90 Å². The zero-order valence-corrected chi connectivity index (χ0v) is 10.1. The van der Waals surface area contributed by atoms with Crippen molar-refractivity contribution in [1.29, 1.82) is 0 Å². The molecule has 3 nitrogen and oxygen atoms in total. The molecule has 0 radical (unpaired) electrons. The number of hydrogen-bond donors (Lipinski definition) is 1. The minimum Gasteiger partial charge on any atom is -0.375 e. The first kappa shape index (κ1) is 11.0. The van der Waals surface area contributed by atoms with E-state index in [0.717, 1.165) is 25.6 Å². The van der Waals surface area contributed by atoms with E-state index in [1.807, 2.05) is 0 Å². The molecule has 1 heterocycles. The van der Waals surface area contributed by atoms with Gasteiger partial charge >= 0.3 is 0 Å². The van der Waals surface area contributed by atoms with Crippen molar-refractivity contribution in [1.82, 2.24) is 4.90 Å². The Hall–Kier alpha value is -0.120. The normalized spacial score (nSPS) is 38.1. The molecule has 92 valence electrons. The van der Waals surface area contributed by atoms with Gasteiger partial charge in [-0.2, -0.15) is 0 Å². The van der Waals surface area contributed by atoms with Gasteiger partial charge in [0.25, 0.3) is 0 Å². The fourth-order valence-corrected chi connectivity index (χ4v) is 3.35. The summed E-state index contributed by atoms with van der Waals surface area (Å²) < 4.78 is 5.89. The van der Waals surface area contributed by atoms with Crippen molar-refractivity contribution >= 4 is 0 Å². The van der Waals surface area contributed by atoms with Crippen LogP contribution in [0.3, 0.4) is 0 Å². The zero-order chi connectivity index (χ0) is 11.0. The van der Waals surface area contributed by atoms with E-state index >= 15 is 0 Å². The molecule has 3 heteroatoms. The monoisotopic (exact) mass is 224 g/mol. The second-order valence-corrected chi connectivity index (χ2v) is 5.76. The molecule has 3 aliphatic rings. The number of morpholine rings is 1. The Morgan fingerprint density at radius 2 is 2.00 bits per heavy atom. The zero-order valence-electron chi connectivity index (χ0n) is 10.1. The highest BCUT2D eigenvalue weighted by atomic mass is 16.5. The number of rotatable bonds is 3. The van der Waals surface area contributed by atoms with Gasteiger partial charge in [0.05, 0.1) is 12.7 Å². The van der Waals surface area contributed by atoms with E-state index < -0.39 is 0 Å². The highest BCUT2D eigenvalue weighted by molar-refractivity contribution is 4.92. The molecule has 0 amide bonds. The molecule has 16 heavy (non-hydrogen) atoms. The number of fused-ring (bicyclic) bond motifs is 1. The largest absolute Gasteiger partial charge is 0.375 e. The molecule has 1 saturated heterocycles. The van der Waals surface area contributed by atoms with Crippen LogP contribution in [0.1, 0.15) is 38.5 Å². The van der Waals surface area contributed by atoms with Gasteiger partial charge in [0, 0.05) is 25.2 Å². The smallest absolute Gasteiger partial charge is 0.0730 e. The predicted molar refractivity (Wildman–Crippen MR) is 64.3 cm³/mol. The van der Waals surface area contributed by atoms with Crippen molar-refractivity contribution in [2.45, 2.75) is 56.7 Å². The quantitative estimate of drug-likeness (QED) is 0.787. The van der Waals surface area contributed by atoms with Crippen molar-refractivity contribution in [2.75, 3.05) is 19.7 Å². The van der Waals surface area contributed by atoms with Crippen LogP contribution in [0, 0.1) is 5.92 Å².